The predicted octanol–water partition coefficient (Wildman–Crippen LogP) is 1.30. The number of nitrogens with zero attached hydrogens (tertiary/aromatic N) is 2. The fraction of sp³-hybridized carbons (Fsp3) is 0.500. The van der Waals surface area contributed by atoms with Crippen molar-refractivity contribution in [1.82, 2.24) is 15.5 Å². The van der Waals surface area contributed by atoms with Crippen LogP contribution in [0, 0.1) is 0 Å². The molecule has 0 aromatic heterocycles. The monoisotopic (exact) mass is 347 g/mol. The summed E-state index contributed by atoms with van der Waals surface area (Å²) in [5.74, 6) is 0.291. The van der Waals surface area contributed by atoms with E-state index in [0.29, 0.717) is 12.3 Å². The number of aliphatic imine (C=N–C) groups is 1. The summed E-state index contributed by atoms with van der Waals surface area (Å²) in [5.41, 5.74) is 7.10. The summed E-state index contributed by atoms with van der Waals surface area (Å²) in [6.07, 6.45) is 4.77. The molecule has 0 aliphatic carbocycles. The van der Waals surface area contributed by atoms with Gasteiger partial charge in [0, 0.05) is 25.4 Å². The van der Waals surface area contributed by atoms with Gasteiger partial charge in [-0.2, -0.15) is 0 Å². The fourth-order valence-corrected chi connectivity index (χ4v) is 3.11. The van der Waals surface area contributed by atoms with Gasteiger partial charge < -0.3 is 20.3 Å². The van der Waals surface area contributed by atoms with Gasteiger partial charge >= 0.3 is 0 Å². The topological polar surface area (TPSA) is 74.9 Å². The van der Waals surface area contributed by atoms with Crippen molar-refractivity contribution in [2.45, 2.75) is 24.8 Å². The van der Waals surface area contributed by atoms with Crippen LogP contribution < -0.4 is 21.1 Å². The highest BCUT2D eigenvalue weighted by molar-refractivity contribution is 5.73. The lowest BCUT2D eigenvalue weighted by molar-refractivity contribution is 0.150. The van der Waals surface area contributed by atoms with E-state index in [-0.39, 0.29) is 6.61 Å². The second kappa shape index (κ2) is 7.84. The number of halogens is 1. The Morgan fingerprint density at radius 2 is 2.24 bits per heavy atom. The van der Waals surface area contributed by atoms with Crippen LogP contribution in [0.4, 0.5) is 4.39 Å². The smallest absolute Gasteiger partial charge is 0.210 e. The molecule has 2 atom stereocenters. The molecule has 4 N–H and O–H groups in total. The number of hydrogen-bond donors (Lipinski definition) is 3. The molecule has 2 unspecified atom stereocenters. The molecule has 1 saturated heterocycles. The second-order valence-corrected chi connectivity index (χ2v) is 6.44. The van der Waals surface area contributed by atoms with Crippen LogP contribution in [0.25, 0.3) is 0 Å². The molecule has 0 saturated carbocycles. The number of nitrogens with two attached hydrogens (primary N) is 1. The Kier molecular flexibility index (Phi) is 5.55. The molecule has 136 valence electrons. The molecule has 25 heavy (non-hydrogen) atoms. The Bertz CT molecular complexity index is 644. The number of likely N-dealkylation sites (tertiary alicyclic amines) is 1. The van der Waals surface area contributed by atoms with Crippen molar-refractivity contribution < 1.29 is 9.13 Å². The number of allylic oxidation sites excluding steroid dienone is 1. The average Bonchev–Trinajstić information content (AvgIpc) is 3.13. The Hall–Kier alpha value is -2.12. The molecule has 1 aromatic carbocycles. The van der Waals surface area contributed by atoms with Crippen LogP contribution >= 0.6 is 0 Å². The van der Waals surface area contributed by atoms with E-state index in [4.69, 9.17) is 10.5 Å². The number of ether oxygens (including phenoxy) is 1. The zero-order valence-electron chi connectivity index (χ0n) is 14.5. The van der Waals surface area contributed by atoms with Crippen molar-refractivity contribution in [1.29, 1.82) is 0 Å². The van der Waals surface area contributed by atoms with Gasteiger partial charge in [-0.05, 0) is 44.1 Å². The highest BCUT2D eigenvalue weighted by Gasteiger charge is 2.28. The number of hydrogen-bond acceptors (Lipinski definition) is 6. The molecule has 2 aliphatic rings. The van der Waals surface area contributed by atoms with Crippen LogP contribution in [-0.4, -0.2) is 50.6 Å². The van der Waals surface area contributed by atoms with E-state index >= 15 is 0 Å². The van der Waals surface area contributed by atoms with Crippen molar-refractivity contribution in [2.75, 3.05) is 33.3 Å². The van der Waals surface area contributed by atoms with Crippen molar-refractivity contribution in [3.8, 4) is 5.75 Å². The zero-order chi connectivity index (χ0) is 17.7. The Balaban J connectivity index is 1.59. The van der Waals surface area contributed by atoms with E-state index in [1.807, 2.05) is 12.1 Å². The first kappa shape index (κ1) is 17.7. The third-order valence-electron chi connectivity index (χ3n) is 4.47. The van der Waals surface area contributed by atoms with Crippen LogP contribution in [0.3, 0.4) is 0 Å². The first-order valence-electron chi connectivity index (χ1n) is 8.69. The molecule has 1 aromatic rings. The lowest BCUT2D eigenvalue weighted by Crippen LogP contribution is -2.51. The molecule has 2 heterocycles. The van der Waals surface area contributed by atoms with E-state index < -0.39 is 12.0 Å². The summed E-state index contributed by atoms with van der Waals surface area (Å²) in [4.78, 5) is 6.47. The summed E-state index contributed by atoms with van der Waals surface area (Å²) in [6, 6.07) is 7.30. The van der Waals surface area contributed by atoms with Gasteiger partial charge in [-0.3, -0.25) is 5.73 Å². The maximum Gasteiger partial charge on any atom is 0.210 e. The van der Waals surface area contributed by atoms with E-state index in [9.17, 15) is 4.39 Å². The SMILES string of the molecule is CNC1=CC=NC(N)(c2cccc(OCC(F)CN3CCCC3)c2)N1. The number of rotatable bonds is 7. The van der Waals surface area contributed by atoms with Crippen LogP contribution in [0.1, 0.15) is 18.4 Å². The summed E-state index contributed by atoms with van der Waals surface area (Å²) < 4.78 is 19.8. The van der Waals surface area contributed by atoms with E-state index in [1.165, 1.54) is 0 Å². The minimum absolute atomic E-state index is 0.0376. The summed E-state index contributed by atoms with van der Waals surface area (Å²) in [6.45, 7) is 2.44. The molecule has 3 rings (SSSR count). The Labute approximate surface area is 147 Å². The van der Waals surface area contributed by atoms with Gasteiger partial charge in [0.1, 0.15) is 24.3 Å². The maximum atomic E-state index is 14.1. The normalized spacial score (nSPS) is 24.5. The zero-order valence-corrected chi connectivity index (χ0v) is 14.5. The van der Waals surface area contributed by atoms with Crippen molar-refractivity contribution in [3.05, 3.63) is 41.7 Å². The van der Waals surface area contributed by atoms with E-state index in [0.717, 1.165) is 37.3 Å². The van der Waals surface area contributed by atoms with Crippen LogP contribution in [0.15, 0.2) is 41.2 Å². The fourth-order valence-electron chi connectivity index (χ4n) is 3.11. The Morgan fingerprint density at radius 1 is 1.44 bits per heavy atom. The van der Waals surface area contributed by atoms with Gasteiger partial charge in [0.15, 0.2) is 0 Å². The molecular weight excluding hydrogens is 321 g/mol. The van der Waals surface area contributed by atoms with Crippen molar-refractivity contribution in [3.63, 3.8) is 0 Å². The van der Waals surface area contributed by atoms with Crippen LogP contribution in [-0.2, 0) is 5.79 Å². The summed E-state index contributed by atoms with van der Waals surface area (Å²) >= 11 is 0. The summed E-state index contributed by atoms with van der Waals surface area (Å²) in [5, 5.41) is 6.14. The third kappa shape index (κ3) is 4.49. The van der Waals surface area contributed by atoms with Gasteiger partial charge in [-0.25, -0.2) is 9.38 Å². The second-order valence-electron chi connectivity index (χ2n) is 6.44. The molecule has 0 bridgehead atoms. The first-order valence-corrected chi connectivity index (χ1v) is 8.69. The standard InChI is InChI=1S/C18H26FN5O/c1-21-17-7-8-22-18(20,23-17)14-5-4-6-16(11-14)25-13-15(19)12-24-9-2-3-10-24/h4-8,11,15,21,23H,2-3,9-10,12-13,20H2,1H3. The molecule has 2 aliphatic heterocycles. The molecule has 1 fully saturated rings. The third-order valence-corrected chi connectivity index (χ3v) is 4.47. The Morgan fingerprint density at radius 3 is 3.00 bits per heavy atom. The summed E-state index contributed by atoms with van der Waals surface area (Å²) in [7, 11) is 1.81. The average molecular weight is 347 g/mol. The minimum Gasteiger partial charge on any atom is -0.490 e. The number of alkyl halides is 1. The van der Waals surface area contributed by atoms with Gasteiger partial charge in [-0.1, -0.05) is 12.1 Å². The quantitative estimate of drug-likeness (QED) is 0.693. The predicted molar refractivity (Wildman–Crippen MR) is 97.1 cm³/mol. The molecular formula is C18H26FN5O. The van der Waals surface area contributed by atoms with Crippen LogP contribution in [0.5, 0.6) is 5.75 Å². The first-order chi connectivity index (χ1) is 12.1. The van der Waals surface area contributed by atoms with Crippen molar-refractivity contribution in [2.24, 2.45) is 10.7 Å². The lowest BCUT2D eigenvalue weighted by Gasteiger charge is -2.31. The number of nitrogens with one attached hydrogen (secondary N) is 2. The van der Waals surface area contributed by atoms with Crippen LogP contribution in [0.2, 0.25) is 0 Å². The molecule has 0 amide bonds. The molecule has 6 nitrogen and oxygen atoms in total. The molecule has 0 spiro atoms. The maximum absolute atomic E-state index is 14.1. The molecule has 0 radical (unpaired) electrons. The minimum atomic E-state index is -1.07. The lowest BCUT2D eigenvalue weighted by atomic mass is 10.1. The van der Waals surface area contributed by atoms with Gasteiger partial charge in [0.05, 0.1) is 0 Å². The largest absolute Gasteiger partial charge is 0.490 e. The van der Waals surface area contributed by atoms with Crippen molar-refractivity contribution >= 4 is 6.21 Å². The van der Waals surface area contributed by atoms with Gasteiger partial charge in [0.25, 0.3) is 0 Å². The van der Waals surface area contributed by atoms with E-state index in [2.05, 4.69) is 20.5 Å². The number of benzene rings is 1. The highest BCUT2D eigenvalue weighted by Crippen LogP contribution is 2.24. The van der Waals surface area contributed by atoms with Gasteiger partial charge in [-0.15, -0.1) is 0 Å². The molecule has 7 heteroatoms. The highest BCUT2D eigenvalue weighted by atomic mass is 19.1. The van der Waals surface area contributed by atoms with Gasteiger partial charge in [0.2, 0.25) is 5.79 Å². The van der Waals surface area contributed by atoms with E-state index in [1.54, 1.807) is 31.5 Å².